The van der Waals surface area contributed by atoms with Crippen LogP contribution in [0.15, 0.2) is 36.4 Å². The quantitative estimate of drug-likeness (QED) is 0.706. The van der Waals surface area contributed by atoms with Gasteiger partial charge in [-0.05, 0) is 32.1 Å². The summed E-state index contributed by atoms with van der Waals surface area (Å²) in [5.74, 6) is 1.28. The molecule has 150 valence electrons. The minimum Gasteiger partial charge on any atom is -0.385 e. The number of nitrogens with one attached hydrogen (secondary N) is 1. The van der Waals surface area contributed by atoms with Gasteiger partial charge in [0.15, 0.2) is 5.82 Å². The summed E-state index contributed by atoms with van der Waals surface area (Å²) in [5.41, 5.74) is 1.34. The van der Waals surface area contributed by atoms with Crippen LogP contribution in [0.3, 0.4) is 0 Å². The number of amides is 1. The zero-order valence-electron chi connectivity index (χ0n) is 16.9. The van der Waals surface area contributed by atoms with Gasteiger partial charge in [-0.3, -0.25) is 4.79 Å². The van der Waals surface area contributed by atoms with Crippen molar-refractivity contribution in [1.82, 2.24) is 15.3 Å². The second-order valence-corrected chi connectivity index (χ2v) is 7.15. The van der Waals surface area contributed by atoms with Crippen LogP contribution < -0.4 is 10.2 Å². The summed E-state index contributed by atoms with van der Waals surface area (Å²) in [6.45, 7) is 4.37. The van der Waals surface area contributed by atoms with E-state index in [2.05, 4.69) is 22.1 Å². The van der Waals surface area contributed by atoms with Crippen LogP contribution >= 0.6 is 0 Å². The molecule has 1 unspecified atom stereocenters. The van der Waals surface area contributed by atoms with E-state index in [0.717, 1.165) is 37.2 Å². The standard InChI is InChI=1S/C22H30N4O2/c1-3-18-12-7-8-14-26(18)20-16-19(22(27)23-13-9-15-28-2)24-21(25-20)17-10-5-4-6-11-17/h4-6,10-11,16,18H,3,7-9,12-15H2,1-2H3,(H,23,27). The number of ether oxygens (including phenoxy) is 1. The van der Waals surface area contributed by atoms with Crippen molar-refractivity contribution >= 4 is 11.7 Å². The lowest BCUT2D eigenvalue weighted by atomic mass is 10.00. The van der Waals surface area contributed by atoms with Gasteiger partial charge in [-0.15, -0.1) is 0 Å². The van der Waals surface area contributed by atoms with E-state index in [9.17, 15) is 4.79 Å². The van der Waals surface area contributed by atoms with Crippen molar-refractivity contribution < 1.29 is 9.53 Å². The Morgan fingerprint density at radius 1 is 1.25 bits per heavy atom. The van der Waals surface area contributed by atoms with Crippen LogP contribution in [0.5, 0.6) is 0 Å². The average molecular weight is 383 g/mol. The Morgan fingerprint density at radius 2 is 2.07 bits per heavy atom. The molecule has 0 aliphatic carbocycles. The van der Waals surface area contributed by atoms with Gasteiger partial charge < -0.3 is 15.0 Å². The van der Waals surface area contributed by atoms with E-state index in [1.54, 1.807) is 7.11 Å². The molecule has 0 bridgehead atoms. The van der Waals surface area contributed by atoms with Crippen molar-refractivity contribution in [2.45, 2.75) is 45.1 Å². The number of piperidine rings is 1. The van der Waals surface area contributed by atoms with Crippen molar-refractivity contribution in [2.75, 3.05) is 31.7 Å². The predicted molar refractivity (Wildman–Crippen MR) is 112 cm³/mol. The smallest absolute Gasteiger partial charge is 0.270 e. The highest BCUT2D eigenvalue weighted by molar-refractivity contribution is 5.93. The number of anilines is 1. The monoisotopic (exact) mass is 382 g/mol. The van der Waals surface area contributed by atoms with Crippen LogP contribution in [0.1, 0.15) is 49.5 Å². The minimum atomic E-state index is -0.165. The Kier molecular flexibility index (Phi) is 7.37. The first-order valence-electron chi connectivity index (χ1n) is 10.2. The van der Waals surface area contributed by atoms with Crippen LogP contribution in [-0.2, 0) is 4.74 Å². The summed E-state index contributed by atoms with van der Waals surface area (Å²) in [6, 6.07) is 12.2. The molecule has 6 nitrogen and oxygen atoms in total. The number of carbonyl (C=O) groups is 1. The molecule has 1 aliphatic rings. The highest BCUT2D eigenvalue weighted by Crippen LogP contribution is 2.27. The summed E-state index contributed by atoms with van der Waals surface area (Å²) in [5, 5.41) is 2.94. The summed E-state index contributed by atoms with van der Waals surface area (Å²) in [4.78, 5) is 24.5. The molecule has 1 fully saturated rings. The van der Waals surface area contributed by atoms with E-state index in [-0.39, 0.29) is 5.91 Å². The van der Waals surface area contributed by atoms with Gasteiger partial charge in [0, 0.05) is 44.5 Å². The average Bonchev–Trinajstić information content (AvgIpc) is 2.76. The third-order valence-electron chi connectivity index (χ3n) is 5.18. The van der Waals surface area contributed by atoms with E-state index in [1.165, 1.54) is 12.8 Å². The largest absolute Gasteiger partial charge is 0.385 e. The maximum atomic E-state index is 12.7. The molecule has 1 aromatic heterocycles. The van der Waals surface area contributed by atoms with E-state index in [1.807, 2.05) is 36.4 Å². The van der Waals surface area contributed by atoms with Gasteiger partial charge in [0.2, 0.25) is 0 Å². The van der Waals surface area contributed by atoms with Crippen LogP contribution in [0.4, 0.5) is 5.82 Å². The van der Waals surface area contributed by atoms with E-state index in [0.29, 0.717) is 30.7 Å². The Balaban J connectivity index is 1.91. The Morgan fingerprint density at radius 3 is 2.82 bits per heavy atom. The van der Waals surface area contributed by atoms with Crippen LogP contribution in [0.25, 0.3) is 11.4 Å². The topological polar surface area (TPSA) is 67.4 Å². The fourth-order valence-electron chi connectivity index (χ4n) is 3.65. The number of aromatic nitrogens is 2. The second kappa shape index (κ2) is 10.2. The zero-order chi connectivity index (χ0) is 19.8. The molecule has 28 heavy (non-hydrogen) atoms. The number of hydrogen-bond donors (Lipinski definition) is 1. The first kappa shape index (κ1) is 20.3. The molecule has 0 radical (unpaired) electrons. The maximum absolute atomic E-state index is 12.7. The van der Waals surface area contributed by atoms with Gasteiger partial charge in [0.05, 0.1) is 0 Å². The van der Waals surface area contributed by atoms with Crippen LogP contribution in [0.2, 0.25) is 0 Å². The van der Waals surface area contributed by atoms with Crippen molar-refractivity contribution in [1.29, 1.82) is 0 Å². The van der Waals surface area contributed by atoms with Crippen molar-refractivity contribution in [3.05, 3.63) is 42.1 Å². The molecule has 0 saturated carbocycles. The molecule has 0 spiro atoms. The number of carbonyl (C=O) groups excluding carboxylic acids is 1. The predicted octanol–water partition coefficient (Wildman–Crippen LogP) is 3.68. The molecule has 1 aromatic carbocycles. The van der Waals surface area contributed by atoms with Gasteiger partial charge in [-0.1, -0.05) is 37.3 Å². The molecule has 1 aliphatic heterocycles. The van der Waals surface area contributed by atoms with Crippen LogP contribution in [0, 0.1) is 0 Å². The normalized spacial score (nSPS) is 16.8. The number of nitrogens with zero attached hydrogens (tertiary/aromatic N) is 3. The number of rotatable bonds is 8. The summed E-state index contributed by atoms with van der Waals surface area (Å²) < 4.78 is 5.05. The lowest BCUT2D eigenvalue weighted by Gasteiger charge is -2.36. The Hall–Kier alpha value is -2.47. The van der Waals surface area contributed by atoms with E-state index in [4.69, 9.17) is 9.72 Å². The zero-order valence-corrected chi connectivity index (χ0v) is 16.9. The summed E-state index contributed by atoms with van der Waals surface area (Å²) >= 11 is 0. The molecule has 1 amide bonds. The second-order valence-electron chi connectivity index (χ2n) is 7.15. The molecular formula is C22H30N4O2. The van der Waals surface area contributed by atoms with Crippen molar-refractivity contribution in [2.24, 2.45) is 0 Å². The number of methoxy groups -OCH3 is 1. The lowest BCUT2D eigenvalue weighted by molar-refractivity contribution is 0.0943. The molecular weight excluding hydrogens is 352 g/mol. The number of benzene rings is 1. The van der Waals surface area contributed by atoms with E-state index >= 15 is 0 Å². The molecule has 2 aromatic rings. The minimum absolute atomic E-state index is 0.165. The highest BCUT2D eigenvalue weighted by Gasteiger charge is 2.24. The molecule has 3 rings (SSSR count). The number of hydrogen-bond acceptors (Lipinski definition) is 5. The first-order chi connectivity index (χ1) is 13.7. The summed E-state index contributed by atoms with van der Waals surface area (Å²) in [6.07, 6.45) is 5.41. The lowest BCUT2D eigenvalue weighted by Crippen LogP contribution is -2.40. The molecule has 1 saturated heterocycles. The third kappa shape index (κ3) is 5.07. The Bertz CT molecular complexity index is 766. The van der Waals surface area contributed by atoms with Crippen molar-refractivity contribution in [3.63, 3.8) is 0 Å². The molecule has 1 atom stereocenters. The SMILES string of the molecule is CCC1CCCCN1c1cc(C(=O)NCCCOC)nc(-c2ccccc2)n1. The summed E-state index contributed by atoms with van der Waals surface area (Å²) in [7, 11) is 1.66. The van der Waals surface area contributed by atoms with Gasteiger partial charge in [-0.2, -0.15) is 0 Å². The third-order valence-corrected chi connectivity index (χ3v) is 5.18. The Labute approximate surface area is 167 Å². The molecule has 6 heteroatoms. The molecule has 1 N–H and O–H groups in total. The van der Waals surface area contributed by atoms with Crippen molar-refractivity contribution in [3.8, 4) is 11.4 Å². The first-order valence-corrected chi connectivity index (χ1v) is 10.2. The van der Waals surface area contributed by atoms with Gasteiger partial charge in [0.1, 0.15) is 11.5 Å². The fraction of sp³-hybridized carbons (Fsp3) is 0.500. The van der Waals surface area contributed by atoms with E-state index < -0.39 is 0 Å². The van der Waals surface area contributed by atoms with Gasteiger partial charge in [0.25, 0.3) is 5.91 Å². The maximum Gasteiger partial charge on any atom is 0.270 e. The highest BCUT2D eigenvalue weighted by atomic mass is 16.5. The van der Waals surface area contributed by atoms with Gasteiger partial charge >= 0.3 is 0 Å². The van der Waals surface area contributed by atoms with Gasteiger partial charge in [-0.25, -0.2) is 9.97 Å². The van der Waals surface area contributed by atoms with Crippen LogP contribution in [-0.4, -0.2) is 48.7 Å². The fourth-order valence-corrected chi connectivity index (χ4v) is 3.65. The molecule has 2 heterocycles.